The maximum Gasteiger partial charge on any atom is 0.410 e. The topological polar surface area (TPSA) is 130 Å². The predicted octanol–water partition coefficient (Wildman–Crippen LogP) is 5.31. The highest BCUT2D eigenvalue weighted by atomic mass is 19.1. The minimum atomic E-state index is -0.773. The van der Waals surface area contributed by atoms with Gasteiger partial charge in [0.1, 0.15) is 29.0 Å². The summed E-state index contributed by atoms with van der Waals surface area (Å²) >= 11 is 0. The second kappa shape index (κ2) is 11.5. The predicted molar refractivity (Wildman–Crippen MR) is 138 cm³/mol. The Morgan fingerprint density at radius 1 is 1.24 bits per heavy atom. The first-order valence-corrected chi connectivity index (χ1v) is 12.1. The molecule has 1 aromatic carbocycles. The first-order chi connectivity index (χ1) is 17.8. The minimum absolute atomic E-state index is 0.0959. The number of carbonyl (C=O) groups excluding carboxylic acids is 2. The lowest BCUT2D eigenvalue weighted by Crippen LogP contribution is -2.34. The molecule has 0 aliphatic carbocycles. The molecule has 38 heavy (non-hydrogen) atoms. The van der Waals surface area contributed by atoms with Crippen LogP contribution in [0, 0.1) is 5.82 Å². The summed E-state index contributed by atoms with van der Waals surface area (Å²) in [6, 6.07) is 5.39. The number of nitrogens with two attached hydrogens (primary N) is 1. The van der Waals surface area contributed by atoms with Gasteiger partial charge in [-0.05, 0) is 52.0 Å². The largest absolute Gasteiger partial charge is 0.482 e. The van der Waals surface area contributed by atoms with Crippen LogP contribution in [0.1, 0.15) is 68.1 Å². The van der Waals surface area contributed by atoms with E-state index in [2.05, 4.69) is 10.1 Å². The Morgan fingerprint density at radius 3 is 2.58 bits per heavy atom. The Bertz CT molecular complexity index is 1320. The standard InChI is InChI=1S/C27H33FN4O6/c1-8-21-23(20(31-38-21)14-32(6)26(34)37-27(3,4)5)16-11-22(24(29)30-13-16)36-15(2)19-12-17(28)9-10-18(19)25(33)35-7/h9-13,15H,8,14H2,1-7H3,(H2,29,30)/t15-/m1/s1. The van der Waals surface area contributed by atoms with E-state index in [-0.39, 0.29) is 23.7 Å². The molecule has 2 N–H and O–H groups in total. The number of methoxy groups -OCH3 is 1. The van der Waals surface area contributed by atoms with E-state index in [1.165, 1.54) is 30.2 Å². The van der Waals surface area contributed by atoms with E-state index >= 15 is 0 Å². The number of anilines is 1. The fraction of sp³-hybridized carbons (Fsp3) is 0.407. The minimum Gasteiger partial charge on any atom is -0.482 e. The normalized spacial score (nSPS) is 12.1. The number of rotatable bonds is 8. The Labute approximate surface area is 220 Å². The summed E-state index contributed by atoms with van der Waals surface area (Å²) < 4.78 is 35.9. The number of pyridine rings is 1. The zero-order chi connectivity index (χ0) is 28.2. The number of carbonyl (C=O) groups is 2. The number of nitrogen functional groups attached to an aromatic ring is 1. The molecule has 0 saturated carbocycles. The second-order valence-corrected chi connectivity index (χ2v) is 9.71. The van der Waals surface area contributed by atoms with Gasteiger partial charge in [-0.2, -0.15) is 0 Å². The number of nitrogens with zero attached hydrogens (tertiary/aromatic N) is 3. The summed E-state index contributed by atoms with van der Waals surface area (Å²) in [6.45, 7) is 9.05. The number of benzene rings is 1. The van der Waals surface area contributed by atoms with Crippen molar-refractivity contribution in [2.24, 2.45) is 0 Å². The van der Waals surface area contributed by atoms with Crippen LogP contribution in [0.2, 0.25) is 0 Å². The number of esters is 1. The highest BCUT2D eigenvalue weighted by molar-refractivity contribution is 5.91. The van der Waals surface area contributed by atoms with E-state index in [4.69, 9.17) is 24.5 Å². The highest BCUT2D eigenvalue weighted by Gasteiger charge is 2.25. The summed E-state index contributed by atoms with van der Waals surface area (Å²) in [7, 11) is 2.85. The second-order valence-electron chi connectivity index (χ2n) is 9.71. The van der Waals surface area contributed by atoms with Crippen LogP contribution >= 0.6 is 0 Å². The lowest BCUT2D eigenvalue weighted by molar-refractivity contribution is 0.0282. The fourth-order valence-corrected chi connectivity index (χ4v) is 3.77. The van der Waals surface area contributed by atoms with Gasteiger partial charge in [-0.25, -0.2) is 19.0 Å². The molecular weight excluding hydrogens is 495 g/mol. The van der Waals surface area contributed by atoms with E-state index in [1.54, 1.807) is 47.0 Å². The highest BCUT2D eigenvalue weighted by Crippen LogP contribution is 2.35. The SMILES string of the molecule is CCc1onc(CN(C)C(=O)OC(C)(C)C)c1-c1cnc(N)c(O[C@H](C)c2cc(F)ccc2C(=O)OC)c1. The van der Waals surface area contributed by atoms with Gasteiger partial charge >= 0.3 is 12.1 Å². The Kier molecular flexibility index (Phi) is 8.60. The van der Waals surface area contributed by atoms with Crippen LogP contribution in [0.15, 0.2) is 35.0 Å². The molecular formula is C27H33FN4O6. The number of halogens is 1. The zero-order valence-electron chi connectivity index (χ0n) is 22.6. The van der Waals surface area contributed by atoms with Crippen LogP contribution in [0.25, 0.3) is 11.1 Å². The van der Waals surface area contributed by atoms with Gasteiger partial charge in [-0.15, -0.1) is 0 Å². The van der Waals surface area contributed by atoms with Gasteiger partial charge in [0.2, 0.25) is 0 Å². The third kappa shape index (κ3) is 6.58. The smallest absolute Gasteiger partial charge is 0.410 e. The van der Waals surface area contributed by atoms with Crippen molar-refractivity contribution in [1.29, 1.82) is 0 Å². The average molecular weight is 529 g/mol. The third-order valence-corrected chi connectivity index (χ3v) is 5.58. The molecule has 0 saturated heterocycles. The van der Waals surface area contributed by atoms with Crippen LogP contribution in [0.3, 0.4) is 0 Å². The molecule has 2 heterocycles. The quantitative estimate of drug-likeness (QED) is 0.386. The summed E-state index contributed by atoms with van der Waals surface area (Å²) in [5.41, 5.74) is 7.66. The summed E-state index contributed by atoms with van der Waals surface area (Å²) in [6.07, 6.45) is 0.804. The molecule has 0 bridgehead atoms. The first-order valence-electron chi connectivity index (χ1n) is 12.1. The van der Waals surface area contributed by atoms with Crippen LogP contribution in [0.4, 0.5) is 15.0 Å². The molecule has 1 atom stereocenters. The Morgan fingerprint density at radius 2 is 1.95 bits per heavy atom. The van der Waals surface area contributed by atoms with E-state index in [1.807, 2.05) is 6.92 Å². The van der Waals surface area contributed by atoms with Gasteiger partial charge in [0.15, 0.2) is 11.6 Å². The Balaban J connectivity index is 1.94. The van der Waals surface area contributed by atoms with Gasteiger partial charge in [-0.1, -0.05) is 12.1 Å². The third-order valence-electron chi connectivity index (χ3n) is 5.58. The van der Waals surface area contributed by atoms with E-state index in [0.717, 1.165) is 0 Å². The lowest BCUT2D eigenvalue weighted by Gasteiger charge is -2.24. The number of hydrogen-bond donors (Lipinski definition) is 1. The maximum absolute atomic E-state index is 14.0. The fourth-order valence-electron chi connectivity index (χ4n) is 3.77. The molecule has 204 valence electrons. The van der Waals surface area contributed by atoms with Crippen LogP contribution < -0.4 is 10.5 Å². The number of hydrogen-bond acceptors (Lipinski definition) is 9. The van der Waals surface area contributed by atoms with E-state index < -0.39 is 29.6 Å². The molecule has 0 unspecified atom stereocenters. The number of aromatic nitrogens is 2. The molecule has 2 aromatic heterocycles. The lowest BCUT2D eigenvalue weighted by atomic mass is 10.0. The summed E-state index contributed by atoms with van der Waals surface area (Å²) in [5, 5.41) is 4.18. The Hall–Kier alpha value is -4.15. The van der Waals surface area contributed by atoms with Gasteiger partial charge in [0.05, 0.1) is 24.8 Å². The van der Waals surface area contributed by atoms with Crippen molar-refractivity contribution in [3.63, 3.8) is 0 Å². The van der Waals surface area contributed by atoms with Crippen molar-refractivity contribution in [2.75, 3.05) is 19.9 Å². The van der Waals surface area contributed by atoms with Crippen molar-refractivity contribution >= 4 is 17.9 Å². The monoisotopic (exact) mass is 528 g/mol. The van der Waals surface area contributed by atoms with Gasteiger partial charge in [0, 0.05) is 30.8 Å². The summed E-state index contributed by atoms with van der Waals surface area (Å²) in [5.74, 6) is -0.255. The molecule has 3 rings (SSSR count). The molecule has 0 aliphatic heterocycles. The molecule has 1 amide bonds. The van der Waals surface area contributed by atoms with Crippen molar-refractivity contribution in [3.8, 4) is 16.9 Å². The van der Waals surface area contributed by atoms with Crippen molar-refractivity contribution in [2.45, 2.75) is 59.3 Å². The number of ether oxygens (including phenoxy) is 3. The molecule has 0 fully saturated rings. The molecule has 0 spiro atoms. The van der Waals surface area contributed by atoms with E-state index in [9.17, 15) is 14.0 Å². The maximum atomic E-state index is 14.0. The van der Waals surface area contributed by atoms with Crippen LogP contribution in [0.5, 0.6) is 5.75 Å². The molecule has 0 aliphatic rings. The van der Waals surface area contributed by atoms with Crippen molar-refractivity contribution in [3.05, 3.63) is 58.9 Å². The zero-order valence-corrected chi connectivity index (χ0v) is 22.6. The van der Waals surface area contributed by atoms with Gasteiger partial charge in [-0.3, -0.25) is 0 Å². The van der Waals surface area contributed by atoms with Crippen LogP contribution in [-0.4, -0.2) is 46.9 Å². The van der Waals surface area contributed by atoms with Crippen LogP contribution in [-0.2, 0) is 22.4 Å². The number of aryl methyl sites for hydroxylation is 1. The van der Waals surface area contributed by atoms with Gasteiger partial charge < -0.3 is 29.4 Å². The first kappa shape index (κ1) is 28.4. The molecule has 0 radical (unpaired) electrons. The van der Waals surface area contributed by atoms with Crippen molar-refractivity contribution in [1.82, 2.24) is 15.0 Å². The molecule has 3 aromatic rings. The average Bonchev–Trinajstić information content (AvgIpc) is 3.26. The molecule has 10 nitrogen and oxygen atoms in total. The van der Waals surface area contributed by atoms with Gasteiger partial charge in [0.25, 0.3) is 0 Å². The summed E-state index contributed by atoms with van der Waals surface area (Å²) in [4.78, 5) is 30.4. The molecule has 11 heteroatoms. The number of amides is 1. The van der Waals surface area contributed by atoms with Crippen molar-refractivity contribution < 1.29 is 32.7 Å². The van der Waals surface area contributed by atoms with E-state index in [0.29, 0.717) is 34.6 Å².